The van der Waals surface area contributed by atoms with Crippen LogP contribution in [0.25, 0.3) is 0 Å². The predicted octanol–water partition coefficient (Wildman–Crippen LogP) is 2.22. The lowest BCUT2D eigenvalue weighted by Gasteiger charge is -2.22. The van der Waals surface area contributed by atoms with Gasteiger partial charge in [-0.1, -0.05) is 0 Å². The van der Waals surface area contributed by atoms with E-state index in [0.29, 0.717) is 18.0 Å². The van der Waals surface area contributed by atoms with Crippen LogP contribution in [0.4, 0.5) is 4.39 Å². The maximum absolute atomic E-state index is 13.0. The van der Waals surface area contributed by atoms with Crippen molar-refractivity contribution >= 4 is 22.4 Å². The smallest absolute Gasteiger partial charge is 0.240 e. The summed E-state index contributed by atoms with van der Waals surface area (Å²) in [6.07, 6.45) is 3.12. The zero-order valence-corrected chi connectivity index (χ0v) is 13.7. The summed E-state index contributed by atoms with van der Waals surface area (Å²) < 4.78 is 39.9. The quantitative estimate of drug-likeness (QED) is 0.867. The van der Waals surface area contributed by atoms with Crippen LogP contribution in [0.15, 0.2) is 23.1 Å². The lowest BCUT2D eigenvalue weighted by Crippen LogP contribution is -2.33. The zero-order chi connectivity index (χ0) is 14.6. The number of nitrogens with one attached hydrogen (secondary N) is 2. The molecule has 21 heavy (non-hydrogen) atoms. The minimum absolute atomic E-state index is 0. The first kappa shape index (κ1) is 18.4. The number of benzene rings is 1. The molecular weight excluding hydrogens is 315 g/mol. The second-order valence-electron chi connectivity index (χ2n) is 5.31. The van der Waals surface area contributed by atoms with Crippen molar-refractivity contribution in [1.29, 1.82) is 0 Å². The highest BCUT2D eigenvalue weighted by Gasteiger charge is 2.18. The van der Waals surface area contributed by atoms with Crippen LogP contribution in [-0.4, -0.2) is 28.1 Å². The van der Waals surface area contributed by atoms with Gasteiger partial charge in [0.05, 0.1) is 4.90 Å². The molecule has 0 aliphatic carbocycles. The molecule has 1 aliphatic rings. The van der Waals surface area contributed by atoms with Crippen molar-refractivity contribution in [3.8, 4) is 0 Å². The molecule has 1 aromatic carbocycles. The molecule has 4 nitrogen and oxygen atoms in total. The van der Waals surface area contributed by atoms with Crippen LogP contribution in [0.3, 0.4) is 0 Å². The Labute approximate surface area is 132 Å². The van der Waals surface area contributed by atoms with Gasteiger partial charge in [-0.05, 0) is 69.0 Å². The van der Waals surface area contributed by atoms with Gasteiger partial charge in [-0.15, -0.1) is 12.4 Å². The third-order valence-corrected chi connectivity index (χ3v) is 5.29. The topological polar surface area (TPSA) is 58.2 Å². The van der Waals surface area contributed by atoms with Crippen LogP contribution in [0.2, 0.25) is 0 Å². The minimum atomic E-state index is -3.55. The summed E-state index contributed by atoms with van der Waals surface area (Å²) in [7, 11) is -3.55. The fourth-order valence-electron chi connectivity index (χ4n) is 2.56. The maximum Gasteiger partial charge on any atom is 0.240 e. The Balaban J connectivity index is 0.00000220. The summed E-state index contributed by atoms with van der Waals surface area (Å²) in [5, 5.41) is 3.31. The molecule has 0 bridgehead atoms. The van der Waals surface area contributed by atoms with Gasteiger partial charge >= 0.3 is 0 Å². The lowest BCUT2D eigenvalue weighted by molar-refractivity contribution is 0.358. The van der Waals surface area contributed by atoms with Crippen LogP contribution in [0, 0.1) is 18.7 Å². The van der Waals surface area contributed by atoms with E-state index in [4.69, 9.17) is 0 Å². The summed E-state index contributed by atoms with van der Waals surface area (Å²) in [5.41, 5.74) is 0.428. The fourth-order valence-corrected chi connectivity index (χ4v) is 3.83. The molecule has 0 saturated carbocycles. The first-order valence-corrected chi connectivity index (χ1v) is 8.44. The standard InChI is InChI=1S/C14H21FN2O2S.ClH/c1-11-9-13(15)4-5-14(11)20(18,19)17-8-6-12-3-2-7-16-10-12;/h4-5,9,12,16-17H,2-3,6-8,10H2,1H3;1H. The fraction of sp³-hybridized carbons (Fsp3) is 0.571. The highest BCUT2D eigenvalue weighted by atomic mass is 35.5. The number of rotatable bonds is 5. The Morgan fingerprint density at radius 2 is 2.19 bits per heavy atom. The van der Waals surface area contributed by atoms with E-state index in [1.54, 1.807) is 6.92 Å². The lowest BCUT2D eigenvalue weighted by atomic mass is 9.96. The van der Waals surface area contributed by atoms with Gasteiger partial charge in [0.25, 0.3) is 0 Å². The molecule has 0 spiro atoms. The molecule has 7 heteroatoms. The molecule has 1 saturated heterocycles. The number of halogens is 2. The number of hydrogen-bond donors (Lipinski definition) is 2. The summed E-state index contributed by atoms with van der Waals surface area (Å²) >= 11 is 0. The molecule has 120 valence electrons. The van der Waals surface area contributed by atoms with Gasteiger partial charge in [-0.3, -0.25) is 0 Å². The van der Waals surface area contributed by atoms with Crippen molar-refractivity contribution in [1.82, 2.24) is 10.0 Å². The first-order valence-electron chi connectivity index (χ1n) is 6.95. The van der Waals surface area contributed by atoms with E-state index in [9.17, 15) is 12.8 Å². The van der Waals surface area contributed by atoms with Gasteiger partial charge in [-0.25, -0.2) is 17.5 Å². The molecule has 0 radical (unpaired) electrons. The third kappa shape index (κ3) is 5.21. The summed E-state index contributed by atoms with van der Waals surface area (Å²) in [6, 6.07) is 3.72. The second-order valence-corrected chi connectivity index (χ2v) is 7.04. The number of aryl methyl sites for hydroxylation is 1. The molecule has 1 aliphatic heterocycles. The van der Waals surface area contributed by atoms with E-state index < -0.39 is 15.8 Å². The highest BCUT2D eigenvalue weighted by molar-refractivity contribution is 7.89. The molecule has 2 rings (SSSR count). The normalized spacial score (nSPS) is 19.0. The number of piperidine rings is 1. The molecule has 0 amide bonds. The van der Waals surface area contributed by atoms with Gasteiger partial charge in [0.15, 0.2) is 0 Å². The monoisotopic (exact) mass is 336 g/mol. The third-order valence-electron chi connectivity index (χ3n) is 3.67. The van der Waals surface area contributed by atoms with E-state index in [2.05, 4.69) is 10.0 Å². The average Bonchev–Trinajstić information content (AvgIpc) is 2.39. The number of sulfonamides is 1. The number of hydrogen-bond acceptors (Lipinski definition) is 3. The van der Waals surface area contributed by atoms with Crippen molar-refractivity contribution in [3.63, 3.8) is 0 Å². The molecule has 1 aromatic rings. The largest absolute Gasteiger partial charge is 0.316 e. The molecular formula is C14H22ClFN2O2S. The first-order chi connectivity index (χ1) is 9.49. The molecule has 1 atom stereocenters. The van der Waals surface area contributed by atoms with Crippen LogP contribution in [0.5, 0.6) is 0 Å². The van der Waals surface area contributed by atoms with Crippen LogP contribution in [0.1, 0.15) is 24.8 Å². The van der Waals surface area contributed by atoms with Crippen LogP contribution < -0.4 is 10.0 Å². The van der Waals surface area contributed by atoms with Crippen molar-refractivity contribution < 1.29 is 12.8 Å². The van der Waals surface area contributed by atoms with Gasteiger partial charge in [0.1, 0.15) is 5.82 Å². The van der Waals surface area contributed by atoms with Gasteiger partial charge in [0, 0.05) is 6.54 Å². The van der Waals surface area contributed by atoms with Gasteiger partial charge in [0.2, 0.25) is 10.0 Å². The van der Waals surface area contributed by atoms with E-state index in [1.807, 2.05) is 0 Å². The SMILES string of the molecule is Cc1cc(F)ccc1S(=O)(=O)NCCC1CCCNC1.Cl. The maximum atomic E-state index is 13.0. The zero-order valence-electron chi connectivity index (χ0n) is 12.1. The van der Waals surface area contributed by atoms with Crippen molar-refractivity contribution in [3.05, 3.63) is 29.6 Å². The Morgan fingerprint density at radius 1 is 1.43 bits per heavy atom. The van der Waals surface area contributed by atoms with Crippen molar-refractivity contribution in [2.45, 2.75) is 31.1 Å². The van der Waals surface area contributed by atoms with E-state index in [-0.39, 0.29) is 17.3 Å². The Kier molecular flexibility index (Phi) is 7.06. The van der Waals surface area contributed by atoms with Crippen LogP contribution >= 0.6 is 12.4 Å². The van der Waals surface area contributed by atoms with Crippen molar-refractivity contribution in [2.75, 3.05) is 19.6 Å². The average molecular weight is 337 g/mol. The minimum Gasteiger partial charge on any atom is -0.316 e. The molecule has 1 fully saturated rings. The Morgan fingerprint density at radius 3 is 2.81 bits per heavy atom. The molecule has 1 unspecified atom stereocenters. The van der Waals surface area contributed by atoms with Gasteiger partial charge < -0.3 is 5.32 Å². The van der Waals surface area contributed by atoms with E-state index in [0.717, 1.165) is 32.4 Å². The summed E-state index contributed by atoms with van der Waals surface area (Å²) in [4.78, 5) is 0.153. The van der Waals surface area contributed by atoms with E-state index in [1.165, 1.54) is 18.2 Å². The Hall–Kier alpha value is -0.690. The predicted molar refractivity (Wildman–Crippen MR) is 83.8 cm³/mol. The summed E-state index contributed by atoms with van der Waals surface area (Å²) in [6.45, 7) is 4.03. The molecule has 2 N–H and O–H groups in total. The highest BCUT2D eigenvalue weighted by Crippen LogP contribution is 2.17. The van der Waals surface area contributed by atoms with E-state index >= 15 is 0 Å². The molecule has 0 aromatic heterocycles. The van der Waals surface area contributed by atoms with Crippen LogP contribution in [-0.2, 0) is 10.0 Å². The summed E-state index contributed by atoms with van der Waals surface area (Å²) in [5.74, 6) is 0.107. The molecule has 1 heterocycles. The van der Waals surface area contributed by atoms with Gasteiger partial charge in [-0.2, -0.15) is 0 Å². The second kappa shape index (κ2) is 8.08. The van der Waals surface area contributed by atoms with Crippen molar-refractivity contribution in [2.24, 2.45) is 5.92 Å². The Bertz CT molecular complexity index is 560.